The van der Waals surface area contributed by atoms with Gasteiger partial charge < -0.3 is 21.9 Å². The Balaban J connectivity index is 2.34. The molecule has 6 N–H and O–H groups in total. The van der Waals surface area contributed by atoms with Crippen LogP contribution in [-0.2, 0) is 0 Å². The van der Waals surface area contributed by atoms with Gasteiger partial charge in [-0.05, 0) is 19.1 Å². The van der Waals surface area contributed by atoms with E-state index in [1.165, 1.54) is 5.56 Å². The number of aliphatic imine (C=N–C) groups is 1. The first-order chi connectivity index (χ1) is 7.58. The van der Waals surface area contributed by atoms with Crippen molar-refractivity contribution in [3.63, 3.8) is 0 Å². The minimum absolute atomic E-state index is 0.00520. The van der Waals surface area contributed by atoms with E-state index < -0.39 is 6.10 Å². The molecule has 0 spiro atoms. The van der Waals surface area contributed by atoms with Crippen molar-refractivity contribution < 1.29 is 5.11 Å². The molecular weight excluding hydrogens is 204 g/mol. The molecule has 0 aliphatic carbocycles. The summed E-state index contributed by atoms with van der Waals surface area (Å²) in [4.78, 5) is 3.73. The number of hydrogen-bond acceptors (Lipinski definition) is 3. The number of nitrogens with zero attached hydrogens (tertiary/aromatic N) is 1. The lowest BCUT2D eigenvalue weighted by Crippen LogP contribution is -2.28. The lowest BCUT2D eigenvalue weighted by molar-refractivity contribution is 0.196. The second-order valence-electron chi connectivity index (χ2n) is 3.67. The molecule has 5 nitrogen and oxygen atoms in total. The molecule has 1 unspecified atom stereocenters. The Labute approximate surface area is 95.2 Å². The summed E-state index contributed by atoms with van der Waals surface area (Å²) in [6, 6.07) is 7.93. The van der Waals surface area contributed by atoms with Gasteiger partial charge in [0, 0.05) is 12.2 Å². The number of nitrogens with one attached hydrogen (secondary N) is 1. The van der Waals surface area contributed by atoms with Crippen LogP contribution in [0.3, 0.4) is 0 Å². The first kappa shape index (κ1) is 12.3. The van der Waals surface area contributed by atoms with Crippen LogP contribution < -0.4 is 16.8 Å². The molecule has 0 aromatic heterocycles. The van der Waals surface area contributed by atoms with E-state index in [1.54, 1.807) is 0 Å². The summed E-state index contributed by atoms with van der Waals surface area (Å²) >= 11 is 0. The molecule has 0 fully saturated rings. The predicted molar refractivity (Wildman–Crippen MR) is 66.4 cm³/mol. The van der Waals surface area contributed by atoms with Crippen molar-refractivity contribution in [2.75, 3.05) is 18.4 Å². The summed E-state index contributed by atoms with van der Waals surface area (Å²) in [5.41, 5.74) is 12.5. The van der Waals surface area contributed by atoms with Crippen LogP contribution in [0, 0.1) is 6.92 Å². The van der Waals surface area contributed by atoms with E-state index in [1.807, 2.05) is 31.2 Å². The van der Waals surface area contributed by atoms with Gasteiger partial charge in [-0.2, -0.15) is 0 Å². The van der Waals surface area contributed by atoms with Gasteiger partial charge >= 0.3 is 0 Å². The zero-order valence-corrected chi connectivity index (χ0v) is 9.35. The minimum Gasteiger partial charge on any atom is -0.389 e. The largest absolute Gasteiger partial charge is 0.389 e. The molecular formula is C11H18N4O. The Kier molecular flexibility index (Phi) is 4.60. The Morgan fingerprint density at radius 2 is 2.00 bits per heavy atom. The minimum atomic E-state index is -0.594. The Bertz CT molecular complexity index is 344. The zero-order valence-electron chi connectivity index (χ0n) is 9.35. The normalized spacial score (nSPS) is 11.9. The standard InChI is InChI=1S/C11H18N4O/c1-8-2-4-9(5-3-8)14-6-10(16)7-15-11(12)13/h2-5,10,14,16H,6-7H2,1H3,(H4,12,13,15). The van der Waals surface area contributed by atoms with Gasteiger partial charge in [0.25, 0.3) is 0 Å². The number of rotatable bonds is 5. The van der Waals surface area contributed by atoms with E-state index in [0.717, 1.165) is 5.69 Å². The third-order valence-corrected chi connectivity index (χ3v) is 2.08. The first-order valence-corrected chi connectivity index (χ1v) is 5.12. The van der Waals surface area contributed by atoms with Crippen molar-refractivity contribution in [3.8, 4) is 0 Å². The van der Waals surface area contributed by atoms with Gasteiger partial charge in [-0.15, -0.1) is 0 Å². The van der Waals surface area contributed by atoms with E-state index in [9.17, 15) is 5.11 Å². The Morgan fingerprint density at radius 3 is 2.56 bits per heavy atom. The van der Waals surface area contributed by atoms with Gasteiger partial charge in [0.2, 0.25) is 0 Å². The molecule has 0 bridgehead atoms. The predicted octanol–water partition coefficient (Wildman–Crippen LogP) is 0.0412. The van der Waals surface area contributed by atoms with Crippen molar-refractivity contribution in [1.82, 2.24) is 0 Å². The fraction of sp³-hybridized carbons (Fsp3) is 0.364. The van der Waals surface area contributed by atoms with Gasteiger partial charge in [0.05, 0.1) is 12.6 Å². The highest BCUT2D eigenvalue weighted by atomic mass is 16.3. The summed E-state index contributed by atoms with van der Waals surface area (Å²) in [5, 5.41) is 12.6. The molecule has 1 aromatic carbocycles. The maximum Gasteiger partial charge on any atom is 0.185 e. The number of aliphatic hydroxyl groups is 1. The Hall–Kier alpha value is -1.75. The van der Waals surface area contributed by atoms with Gasteiger partial charge in [-0.25, -0.2) is 0 Å². The molecule has 1 aromatic rings. The molecule has 0 aliphatic heterocycles. The molecule has 0 amide bonds. The average molecular weight is 222 g/mol. The number of nitrogens with two attached hydrogens (primary N) is 2. The molecule has 5 heteroatoms. The van der Waals surface area contributed by atoms with Crippen molar-refractivity contribution >= 4 is 11.6 Å². The maximum atomic E-state index is 9.53. The molecule has 1 rings (SSSR count). The van der Waals surface area contributed by atoms with Crippen molar-refractivity contribution in [2.24, 2.45) is 16.5 Å². The van der Waals surface area contributed by atoms with Crippen LogP contribution >= 0.6 is 0 Å². The molecule has 0 aliphatic rings. The highest BCUT2D eigenvalue weighted by molar-refractivity contribution is 5.75. The van der Waals surface area contributed by atoms with E-state index in [2.05, 4.69) is 10.3 Å². The monoisotopic (exact) mass is 222 g/mol. The van der Waals surface area contributed by atoms with Gasteiger partial charge in [-0.3, -0.25) is 4.99 Å². The maximum absolute atomic E-state index is 9.53. The quantitative estimate of drug-likeness (QED) is 0.418. The number of hydrogen-bond donors (Lipinski definition) is 4. The third kappa shape index (κ3) is 4.65. The molecule has 16 heavy (non-hydrogen) atoms. The lowest BCUT2D eigenvalue weighted by Gasteiger charge is -2.10. The molecule has 1 atom stereocenters. The van der Waals surface area contributed by atoms with Crippen LogP contribution in [-0.4, -0.2) is 30.3 Å². The van der Waals surface area contributed by atoms with E-state index >= 15 is 0 Å². The fourth-order valence-corrected chi connectivity index (χ4v) is 1.18. The number of aryl methyl sites for hydroxylation is 1. The van der Waals surface area contributed by atoms with Crippen LogP contribution in [0.1, 0.15) is 5.56 Å². The SMILES string of the molecule is Cc1ccc(NCC(O)CN=C(N)N)cc1. The molecule has 0 saturated heterocycles. The van der Waals surface area contributed by atoms with E-state index in [-0.39, 0.29) is 12.5 Å². The second-order valence-corrected chi connectivity index (χ2v) is 3.67. The van der Waals surface area contributed by atoms with Crippen molar-refractivity contribution in [1.29, 1.82) is 0 Å². The smallest absolute Gasteiger partial charge is 0.185 e. The van der Waals surface area contributed by atoms with Gasteiger partial charge in [0.15, 0.2) is 5.96 Å². The van der Waals surface area contributed by atoms with Crippen molar-refractivity contribution in [3.05, 3.63) is 29.8 Å². The van der Waals surface area contributed by atoms with Crippen LogP contribution in [0.2, 0.25) is 0 Å². The lowest BCUT2D eigenvalue weighted by atomic mass is 10.2. The highest BCUT2D eigenvalue weighted by Gasteiger charge is 2.02. The summed E-state index contributed by atoms with van der Waals surface area (Å²) in [7, 11) is 0. The number of benzene rings is 1. The van der Waals surface area contributed by atoms with Crippen molar-refractivity contribution in [2.45, 2.75) is 13.0 Å². The van der Waals surface area contributed by atoms with Crippen LogP contribution in [0.15, 0.2) is 29.3 Å². The zero-order chi connectivity index (χ0) is 12.0. The van der Waals surface area contributed by atoms with E-state index in [4.69, 9.17) is 11.5 Å². The van der Waals surface area contributed by atoms with Gasteiger partial charge in [-0.1, -0.05) is 17.7 Å². The average Bonchev–Trinajstić information content (AvgIpc) is 2.25. The van der Waals surface area contributed by atoms with Crippen LogP contribution in [0.4, 0.5) is 5.69 Å². The van der Waals surface area contributed by atoms with Crippen LogP contribution in [0.5, 0.6) is 0 Å². The summed E-state index contributed by atoms with van der Waals surface area (Å²) in [6.45, 7) is 2.65. The molecule has 0 heterocycles. The van der Waals surface area contributed by atoms with Gasteiger partial charge in [0.1, 0.15) is 0 Å². The molecule has 0 saturated carbocycles. The third-order valence-electron chi connectivity index (χ3n) is 2.08. The summed E-state index contributed by atoms with van der Waals surface area (Å²) in [5.74, 6) is -0.00520. The van der Waals surface area contributed by atoms with Crippen LogP contribution in [0.25, 0.3) is 0 Å². The molecule has 88 valence electrons. The topological polar surface area (TPSA) is 96.7 Å². The second kappa shape index (κ2) is 5.97. The number of anilines is 1. The summed E-state index contributed by atoms with van der Waals surface area (Å²) < 4.78 is 0. The molecule has 0 radical (unpaired) electrons. The van der Waals surface area contributed by atoms with E-state index in [0.29, 0.717) is 6.54 Å². The number of guanidine groups is 1. The summed E-state index contributed by atoms with van der Waals surface area (Å²) in [6.07, 6.45) is -0.594. The first-order valence-electron chi connectivity index (χ1n) is 5.12. The fourth-order valence-electron chi connectivity index (χ4n) is 1.18. The Morgan fingerprint density at radius 1 is 1.38 bits per heavy atom. The number of aliphatic hydroxyl groups excluding tert-OH is 1. The highest BCUT2D eigenvalue weighted by Crippen LogP contribution is 2.08.